The molecule has 0 aliphatic rings. The molecule has 2 rings (SSSR count). The van der Waals surface area contributed by atoms with E-state index in [1.54, 1.807) is 43.0 Å². The second-order valence-electron chi connectivity index (χ2n) is 5.03. The first-order chi connectivity index (χ1) is 11.1. The first kappa shape index (κ1) is 17.1. The van der Waals surface area contributed by atoms with Crippen LogP contribution in [0.3, 0.4) is 0 Å². The van der Waals surface area contributed by atoms with Crippen molar-refractivity contribution >= 4 is 29.3 Å². The third-order valence-electron chi connectivity index (χ3n) is 3.20. The summed E-state index contributed by atoms with van der Waals surface area (Å²) in [6.07, 6.45) is 1.16. The molecule has 0 heterocycles. The smallest absolute Gasteiger partial charge is 0.338 e. The van der Waals surface area contributed by atoms with Crippen molar-refractivity contribution in [3.05, 3.63) is 65.7 Å². The number of amides is 1. The summed E-state index contributed by atoms with van der Waals surface area (Å²) in [6, 6.07) is 16.3. The molecule has 0 saturated carbocycles. The lowest BCUT2D eigenvalue weighted by Gasteiger charge is -2.13. The van der Waals surface area contributed by atoms with Crippen LogP contribution in [0.15, 0.2) is 54.6 Å². The summed E-state index contributed by atoms with van der Waals surface area (Å²) in [6.45, 7) is 1.55. The van der Waals surface area contributed by atoms with Crippen LogP contribution in [-0.2, 0) is 15.3 Å². The fourth-order valence-corrected chi connectivity index (χ4v) is 2.48. The van der Waals surface area contributed by atoms with Crippen LogP contribution < -0.4 is 5.32 Å². The van der Waals surface area contributed by atoms with E-state index >= 15 is 0 Å². The van der Waals surface area contributed by atoms with Crippen molar-refractivity contribution in [1.29, 1.82) is 0 Å². The first-order valence-corrected chi connectivity index (χ1v) is 8.64. The molecule has 0 fully saturated rings. The summed E-state index contributed by atoms with van der Waals surface area (Å²) in [5.74, 6) is 0.0329. The summed E-state index contributed by atoms with van der Waals surface area (Å²) in [5.41, 5.74) is 2.25. The van der Waals surface area contributed by atoms with E-state index in [0.717, 1.165) is 11.3 Å². The summed E-state index contributed by atoms with van der Waals surface area (Å²) < 4.78 is 5.21. The Hall–Kier alpha value is -2.27. The Labute approximate surface area is 140 Å². The Morgan fingerprint density at radius 3 is 2.35 bits per heavy atom. The van der Waals surface area contributed by atoms with Gasteiger partial charge in [-0.25, -0.2) is 4.79 Å². The van der Waals surface area contributed by atoms with E-state index < -0.39 is 12.1 Å². The van der Waals surface area contributed by atoms with Gasteiger partial charge in [0.05, 0.1) is 5.56 Å². The lowest BCUT2D eigenvalue weighted by atomic mass is 10.1. The molecule has 0 aliphatic carbocycles. The molecule has 0 aromatic heterocycles. The fraction of sp³-hybridized carbons (Fsp3) is 0.222. The molecule has 4 nitrogen and oxygen atoms in total. The Morgan fingerprint density at radius 2 is 1.74 bits per heavy atom. The van der Waals surface area contributed by atoms with Crippen LogP contribution in [0.1, 0.15) is 22.8 Å². The molecule has 0 saturated heterocycles. The Balaban J connectivity index is 1.92. The normalized spacial score (nSPS) is 11.6. The van der Waals surface area contributed by atoms with Crippen molar-refractivity contribution < 1.29 is 14.3 Å². The van der Waals surface area contributed by atoms with Gasteiger partial charge in [-0.3, -0.25) is 4.79 Å². The van der Waals surface area contributed by atoms with E-state index in [1.165, 1.54) is 0 Å². The molecule has 0 radical (unpaired) electrons. The topological polar surface area (TPSA) is 55.4 Å². The molecule has 1 unspecified atom stereocenters. The number of benzene rings is 2. The van der Waals surface area contributed by atoms with Crippen molar-refractivity contribution in [2.75, 3.05) is 11.6 Å². The van der Waals surface area contributed by atoms with Gasteiger partial charge in [-0.05, 0) is 43.0 Å². The van der Waals surface area contributed by atoms with Crippen LogP contribution >= 0.6 is 11.8 Å². The average molecular weight is 329 g/mol. The van der Waals surface area contributed by atoms with Gasteiger partial charge in [0.15, 0.2) is 6.10 Å². The van der Waals surface area contributed by atoms with Crippen LogP contribution in [0.25, 0.3) is 0 Å². The van der Waals surface area contributed by atoms with E-state index in [9.17, 15) is 9.59 Å². The largest absolute Gasteiger partial charge is 0.449 e. The molecular formula is C18H19NO3S. The van der Waals surface area contributed by atoms with Crippen LogP contribution in [-0.4, -0.2) is 24.2 Å². The average Bonchev–Trinajstić information content (AvgIpc) is 2.56. The molecule has 0 spiro atoms. The number of esters is 1. The van der Waals surface area contributed by atoms with Gasteiger partial charge in [-0.2, -0.15) is 11.8 Å². The first-order valence-electron chi connectivity index (χ1n) is 7.25. The number of carbonyl (C=O) groups is 2. The molecule has 1 N–H and O–H groups in total. The van der Waals surface area contributed by atoms with Crippen LogP contribution in [0.5, 0.6) is 0 Å². The van der Waals surface area contributed by atoms with Crippen LogP contribution in [0.2, 0.25) is 0 Å². The zero-order valence-corrected chi connectivity index (χ0v) is 13.9. The Bertz CT molecular complexity index is 656. The standard InChI is InChI=1S/C18H19NO3S/c1-13(17(20)19-16-6-4-3-5-7-16)22-18(21)15-10-8-14(9-11-15)12-23-2/h3-11,13H,12H2,1-2H3,(H,19,20). The number of thioether (sulfide) groups is 1. The minimum absolute atomic E-state index is 0.358. The van der Waals surface area contributed by atoms with Gasteiger partial charge >= 0.3 is 5.97 Å². The molecule has 1 amide bonds. The van der Waals surface area contributed by atoms with E-state index in [4.69, 9.17) is 4.74 Å². The molecule has 5 heteroatoms. The molecule has 120 valence electrons. The quantitative estimate of drug-likeness (QED) is 0.820. The van der Waals surface area contributed by atoms with Gasteiger partial charge in [-0.15, -0.1) is 0 Å². The molecule has 2 aromatic carbocycles. The van der Waals surface area contributed by atoms with Gasteiger partial charge in [0.1, 0.15) is 0 Å². The highest BCUT2D eigenvalue weighted by molar-refractivity contribution is 7.97. The molecular weight excluding hydrogens is 310 g/mol. The summed E-state index contributed by atoms with van der Waals surface area (Å²) in [4.78, 5) is 24.1. The predicted molar refractivity (Wildman–Crippen MR) is 93.6 cm³/mol. The molecule has 1 atom stereocenters. The fourth-order valence-electron chi connectivity index (χ4n) is 1.95. The monoisotopic (exact) mass is 329 g/mol. The Morgan fingerprint density at radius 1 is 1.09 bits per heavy atom. The SMILES string of the molecule is CSCc1ccc(C(=O)OC(C)C(=O)Nc2ccccc2)cc1. The second kappa shape index (κ2) is 8.39. The minimum Gasteiger partial charge on any atom is -0.449 e. The number of carbonyl (C=O) groups excluding carboxylic acids is 2. The molecule has 23 heavy (non-hydrogen) atoms. The van der Waals surface area contributed by atoms with Gasteiger partial charge in [0.2, 0.25) is 0 Å². The summed E-state index contributed by atoms with van der Waals surface area (Å²) >= 11 is 1.72. The van der Waals surface area contributed by atoms with Crippen molar-refractivity contribution in [3.8, 4) is 0 Å². The van der Waals surface area contributed by atoms with Gasteiger partial charge in [0, 0.05) is 11.4 Å². The number of hydrogen-bond donors (Lipinski definition) is 1. The highest BCUT2D eigenvalue weighted by Gasteiger charge is 2.18. The van der Waals surface area contributed by atoms with E-state index in [2.05, 4.69) is 5.32 Å². The third-order valence-corrected chi connectivity index (χ3v) is 3.82. The maximum atomic E-state index is 12.1. The second-order valence-corrected chi connectivity index (χ2v) is 5.90. The lowest BCUT2D eigenvalue weighted by Crippen LogP contribution is -2.29. The highest BCUT2D eigenvalue weighted by atomic mass is 32.2. The molecule has 0 bridgehead atoms. The van der Waals surface area contributed by atoms with Gasteiger partial charge < -0.3 is 10.1 Å². The molecule has 0 aliphatic heterocycles. The van der Waals surface area contributed by atoms with E-state index in [1.807, 2.05) is 36.6 Å². The van der Waals surface area contributed by atoms with E-state index in [0.29, 0.717) is 11.3 Å². The number of rotatable bonds is 6. The summed E-state index contributed by atoms with van der Waals surface area (Å²) in [7, 11) is 0. The van der Waals surface area contributed by atoms with Gasteiger partial charge in [0.25, 0.3) is 5.91 Å². The zero-order chi connectivity index (χ0) is 16.7. The molecule has 2 aromatic rings. The predicted octanol–water partition coefficient (Wildman–Crippen LogP) is 3.73. The summed E-state index contributed by atoms with van der Waals surface area (Å²) in [5, 5.41) is 2.71. The van der Waals surface area contributed by atoms with Crippen molar-refractivity contribution in [2.24, 2.45) is 0 Å². The minimum atomic E-state index is -0.867. The number of para-hydroxylation sites is 1. The van der Waals surface area contributed by atoms with Crippen LogP contribution in [0, 0.1) is 0 Å². The lowest BCUT2D eigenvalue weighted by molar-refractivity contribution is -0.123. The van der Waals surface area contributed by atoms with Gasteiger partial charge in [-0.1, -0.05) is 30.3 Å². The van der Waals surface area contributed by atoms with Crippen molar-refractivity contribution in [3.63, 3.8) is 0 Å². The number of ether oxygens (including phenoxy) is 1. The number of hydrogen-bond acceptors (Lipinski definition) is 4. The Kier molecular flexibility index (Phi) is 6.23. The number of nitrogens with one attached hydrogen (secondary N) is 1. The highest BCUT2D eigenvalue weighted by Crippen LogP contribution is 2.12. The van der Waals surface area contributed by atoms with E-state index in [-0.39, 0.29) is 5.91 Å². The van der Waals surface area contributed by atoms with Crippen molar-refractivity contribution in [2.45, 2.75) is 18.8 Å². The third kappa shape index (κ3) is 5.14. The maximum absolute atomic E-state index is 12.1. The van der Waals surface area contributed by atoms with Crippen LogP contribution in [0.4, 0.5) is 5.69 Å². The maximum Gasteiger partial charge on any atom is 0.338 e. The number of anilines is 1. The zero-order valence-electron chi connectivity index (χ0n) is 13.1. The van der Waals surface area contributed by atoms with Crippen molar-refractivity contribution in [1.82, 2.24) is 0 Å².